The van der Waals surface area contributed by atoms with Crippen LogP contribution in [0.3, 0.4) is 0 Å². The molecule has 2 rings (SSSR count). The predicted octanol–water partition coefficient (Wildman–Crippen LogP) is 1.48. The number of likely N-dealkylation sites (tertiary alicyclic amines) is 1. The predicted molar refractivity (Wildman–Crippen MR) is 54.9 cm³/mol. The molecule has 0 radical (unpaired) electrons. The second-order valence-corrected chi connectivity index (χ2v) is 4.83. The SMILES string of the molecule is Cc1csc(CN2CC(CO)C2)c1. The molecule has 1 aromatic heterocycles. The Labute approximate surface area is 82.8 Å². The van der Waals surface area contributed by atoms with E-state index in [2.05, 4.69) is 23.3 Å². The van der Waals surface area contributed by atoms with Crippen LogP contribution in [0.4, 0.5) is 0 Å². The number of hydrogen-bond donors (Lipinski definition) is 1. The second kappa shape index (κ2) is 3.78. The zero-order chi connectivity index (χ0) is 9.26. The molecular weight excluding hydrogens is 182 g/mol. The maximum atomic E-state index is 8.85. The zero-order valence-corrected chi connectivity index (χ0v) is 8.68. The average Bonchev–Trinajstić information content (AvgIpc) is 2.43. The van der Waals surface area contributed by atoms with Crippen molar-refractivity contribution in [1.29, 1.82) is 0 Å². The van der Waals surface area contributed by atoms with E-state index in [1.165, 1.54) is 10.4 Å². The summed E-state index contributed by atoms with van der Waals surface area (Å²) in [5.74, 6) is 0.529. The van der Waals surface area contributed by atoms with E-state index in [1.807, 2.05) is 11.3 Å². The van der Waals surface area contributed by atoms with E-state index in [0.29, 0.717) is 12.5 Å². The minimum Gasteiger partial charge on any atom is -0.396 e. The number of aliphatic hydroxyl groups excluding tert-OH is 1. The summed E-state index contributed by atoms with van der Waals surface area (Å²) >= 11 is 1.83. The Bertz CT molecular complexity index is 278. The van der Waals surface area contributed by atoms with E-state index in [0.717, 1.165) is 19.6 Å². The topological polar surface area (TPSA) is 23.5 Å². The summed E-state index contributed by atoms with van der Waals surface area (Å²) in [6, 6.07) is 2.25. The van der Waals surface area contributed by atoms with Gasteiger partial charge in [-0.25, -0.2) is 0 Å². The first kappa shape index (κ1) is 9.19. The smallest absolute Gasteiger partial charge is 0.0483 e. The van der Waals surface area contributed by atoms with E-state index in [4.69, 9.17) is 5.11 Å². The van der Waals surface area contributed by atoms with Crippen LogP contribution >= 0.6 is 11.3 Å². The molecule has 72 valence electrons. The van der Waals surface area contributed by atoms with Crippen molar-refractivity contribution in [2.24, 2.45) is 5.92 Å². The van der Waals surface area contributed by atoms with E-state index >= 15 is 0 Å². The van der Waals surface area contributed by atoms with E-state index in [-0.39, 0.29) is 0 Å². The first-order valence-electron chi connectivity index (χ1n) is 4.65. The lowest BCUT2D eigenvalue weighted by Crippen LogP contribution is -2.47. The highest BCUT2D eigenvalue weighted by Gasteiger charge is 2.25. The van der Waals surface area contributed by atoms with Gasteiger partial charge in [-0.3, -0.25) is 4.90 Å². The molecule has 0 atom stereocenters. The number of thiophene rings is 1. The zero-order valence-electron chi connectivity index (χ0n) is 7.86. The molecule has 0 amide bonds. The summed E-state index contributed by atoms with van der Waals surface area (Å²) in [7, 11) is 0. The molecular formula is C10H15NOS. The van der Waals surface area contributed by atoms with Crippen molar-refractivity contribution >= 4 is 11.3 Å². The van der Waals surface area contributed by atoms with Crippen LogP contribution in [0.1, 0.15) is 10.4 Å². The Balaban J connectivity index is 1.81. The van der Waals surface area contributed by atoms with Crippen LogP contribution < -0.4 is 0 Å². The third-order valence-corrected chi connectivity index (χ3v) is 3.49. The largest absolute Gasteiger partial charge is 0.396 e. The summed E-state index contributed by atoms with van der Waals surface area (Å²) < 4.78 is 0. The molecule has 1 fully saturated rings. The molecule has 0 aliphatic carbocycles. The van der Waals surface area contributed by atoms with E-state index in [1.54, 1.807) is 0 Å². The fourth-order valence-electron chi connectivity index (χ4n) is 1.72. The Hall–Kier alpha value is -0.380. The Morgan fingerprint density at radius 3 is 2.92 bits per heavy atom. The van der Waals surface area contributed by atoms with E-state index in [9.17, 15) is 0 Å². The Kier molecular flexibility index (Phi) is 2.67. The van der Waals surface area contributed by atoms with Gasteiger partial charge in [0.15, 0.2) is 0 Å². The van der Waals surface area contributed by atoms with Crippen LogP contribution in [0.25, 0.3) is 0 Å². The maximum Gasteiger partial charge on any atom is 0.0483 e. The normalized spacial score (nSPS) is 18.9. The van der Waals surface area contributed by atoms with Gasteiger partial charge in [-0.05, 0) is 23.9 Å². The van der Waals surface area contributed by atoms with Crippen molar-refractivity contribution in [2.45, 2.75) is 13.5 Å². The number of aliphatic hydroxyl groups is 1. The molecule has 1 aliphatic heterocycles. The molecule has 2 nitrogen and oxygen atoms in total. The molecule has 0 bridgehead atoms. The highest BCUT2D eigenvalue weighted by molar-refractivity contribution is 7.10. The number of hydrogen-bond acceptors (Lipinski definition) is 3. The number of rotatable bonds is 3. The van der Waals surface area contributed by atoms with Crippen molar-refractivity contribution in [3.05, 3.63) is 21.9 Å². The van der Waals surface area contributed by atoms with Crippen molar-refractivity contribution in [3.63, 3.8) is 0 Å². The maximum absolute atomic E-state index is 8.85. The van der Waals surface area contributed by atoms with Crippen LogP contribution in [0.15, 0.2) is 11.4 Å². The molecule has 1 N–H and O–H groups in total. The van der Waals surface area contributed by atoms with Gasteiger partial charge in [-0.1, -0.05) is 0 Å². The third kappa shape index (κ3) is 2.10. The average molecular weight is 197 g/mol. The van der Waals surface area contributed by atoms with Gasteiger partial charge in [0.25, 0.3) is 0 Å². The van der Waals surface area contributed by atoms with Gasteiger partial charge >= 0.3 is 0 Å². The molecule has 0 spiro atoms. The van der Waals surface area contributed by atoms with Crippen molar-refractivity contribution in [2.75, 3.05) is 19.7 Å². The summed E-state index contributed by atoms with van der Waals surface area (Å²) in [6.45, 7) is 5.67. The molecule has 13 heavy (non-hydrogen) atoms. The third-order valence-electron chi connectivity index (χ3n) is 2.46. The molecule has 0 unspecified atom stereocenters. The summed E-state index contributed by atoms with van der Waals surface area (Å²) in [5.41, 5.74) is 1.36. The summed E-state index contributed by atoms with van der Waals surface area (Å²) in [4.78, 5) is 3.82. The van der Waals surface area contributed by atoms with Gasteiger partial charge in [0, 0.05) is 37.0 Å². The fraction of sp³-hybridized carbons (Fsp3) is 0.600. The molecule has 0 aromatic carbocycles. The standard InChI is InChI=1S/C10H15NOS/c1-8-2-10(13-7-8)5-11-3-9(4-11)6-12/h2,7,9,12H,3-6H2,1H3. The van der Waals surface area contributed by atoms with Gasteiger partial charge < -0.3 is 5.11 Å². The molecule has 0 saturated carbocycles. The van der Waals surface area contributed by atoms with Gasteiger partial charge in [0.2, 0.25) is 0 Å². The molecule has 3 heteroatoms. The number of nitrogens with zero attached hydrogens (tertiary/aromatic N) is 1. The van der Waals surface area contributed by atoms with Crippen molar-refractivity contribution in [1.82, 2.24) is 4.90 Å². The molecule has 2 heterocycles. The molecule has 1 saturated heterocycles. The first-order chi connectivity index (χ1) is 6.28. The molecule has 1 aromatic rings. The fourth-order valence-corrected chi connectivity index (χ4v) is 2.63. The van der Waals surface area contributed by atoms with Gasteiger partial charge in [0.1, 0.15) is 0 Å². The van der Waals surface area contributed by atoms with E-state index < -0.39 is 0 Å². The monoisotopic (exact) mass is 197 g/mol. The summed E-state index contributed by atoms with van der Waals surface area (Å²) in [5, 5.41) is 11.0. The quantitative estimate of drug-likeness (QED) is 0.793. The first-order valence-corrected chi connectivity index (χ1v) is 5.53. The lowest BCUT2D eigenvalue weighted by molar-refractivity contribution is 0.0487. The number of aryl methyl sites for hydroxylation is 1. The minimum atomic E-state index is 0.347. The van der Waals surface area contributed by atoms with Gasteiger partial charge in [0.05, 0.1) is 0 Å². The van der Waals surface area contributed by atoms with Crippen LogP contribution in [-0.4, -0.2) is 29.7 Å². The van der Waals surface area contributed by atoms with Crippen molar-refractivity contribution in [3.8, 4) is 0 Å². The van der Waals surface area contributed by atoms with Crippen LogP contribution in [0.2, 0.25) is 0 Å². The van der Waals surface area contributed by atoms with Crippen LogP contribution in [-0.2, 0) is 6.54 Å². The summed E-state index contributed by atoms with van der Waals surface area (Å²) in [6.07, 6.45) is 0. The molecule has 1 aliphatic rings. The highest BCUT2D eigenvalue weighted by atomic mass is 32.1. The lowest BCUT2D eigenvalue weighted by Gasteiger charge is -2.37. The van der Waals surface area contributed by atoms with Crippen LogP contribution in [0.5, 0.6) is 0 Å². The van der Waals surface area contributed by atoms with Gasteiger partial charge in [-0.2, -0.15) is 0 Å². The Morgan fingerprint density at radius 1 is 1.62 bits per heavy atom. The van der Waals surface area contributed by atoms with Crippen LogP contribution in [0, 0.1) is 12.8 Å². The highest BCUT2D eigenvalue weighted by Crippen LogP contribution is 2.21. The second-order valence-electron chi connectivity index (χ2n) is 3.83. The minimum absolute atomic E-state index is 0.347. The van der Waals surface area contributed by atoms with Gasteiger partial charge in [-0.15, -0.1) is 11.3 Å². The Morgan fingerprint density at radius 2 is 2.38 bits per heavy atom. The van der Waals surface area contributed by atoms with Crippen molar-refractivity contribution < 1.29 is 5.11 Å². The lowest BCUT2D eigenvalue weighted by atomic mass is 10.0.